The van der Waals surface area contributed by atoms with Crippen molar-refractivity contribution in [2.75, 3.05) is 26.7 Å². The Kier molecular flexibility index (Phi) is 8.30. The molecule has 1 fully saturated rings. The number of likely N-dealkylation sites (tertiary alicyclic amines) is 1. The Labute approximate surface area is 161 Å². The first-order valence-corrected chi connectivity index (χ1v) is 9.82. The number of ether oxygens (including phenoxy) is 1. The molecular weight excluding hydrogens is 344 g/mol. The van der Waals surface area contributed by atoms with Gasteiger partial charge in [0.25, 0.3) is 5.91 Å². The molecule has 2 amide bonds. The van der Waals surface area contributed by atoms with E-state index < -0.39 is 5.97 Å². The summed E-state index contributed by atoms with van der Waals surface area (Å²) in [7, 11) is 1.32. The second-order valence-electron chi connectivity index (χ2n) is 7.01. The zero-order valence-electron chi connectivity index (χ0n) is 16.3. The van der Waals surface area contributed by atoms with Gasteiger partial charge in [-0.05, 0) is 43.5 Å². The number of nitrogens with one attached hydrogen (secondary N) is 1. The lowest BCUT2D eigenvalue weighted by molar-refractivity contribution is -0.126. The summed E-state index contributed by atoms with van der Waals surface area (Å²) in [5, 5.41) is 3.01. The summed E-state index contributed by atoms with van der Waals surface area (Å²) >= 11 is 0. The highest BCUT2D eigenvalue weighted by Gasteiger charge is 2.28. The van der Waals surface area contributed by atoms with Crippen LogP contribution in [-0.4, -0.2) is 49.4 Å². The Morgan fingerprint density at radius 1 is 1.11 bits per heavy atom. The van der Waals surface area contributed by atoms with Gasteiger partial charge in [-0.1, -0.05) is 26.2 Å². The Morgan fingerprint density at radius 2 is 1.81 bits per heavy atom. The molecule has 27 heavy (non-hydrogen) atoms. The summed E-state index contributed by atoms with van der Waals surface area (Å²) < 4.78 is 4.67. The highest BCUT2D eigenvalue weighted by molar-refractivity contribution is 5.96. The number of nitrogens with zero attached hydrogens (tertiary/aromatic N) is 1. The number of esters is 1. The highest BCUT2D eigenvalue weighted by atomic mass is 16.5. The van der Waals surface area contributed by atoms with E-state index in [2.05, 4.69) is 17.0 Å². The summed E-state index contributed by atoms with van der Waals surface area (Å²) in [6.07, 6.45) is 6.13. The van der Waals surface area contributed by atoms with Crippen LogP contribution in [0.4, 0.5) is 0 Å². The van der Waals surface area contributed by atoms with Gasteiger partial charge in [0.2, 0.25) is 5.91 Å². The van der Waals surface area contributed by atoms with Crippen molar-refractivity contribution in [2.24, 2.45) is 5.92 Å². The largest absolute Gasteiger partial charge is 0.465 e. The third-order valence-electron chi connectivity index (χ3n) is 4.96. The summed E-state index contributed by atoms with van der Waals surface area (Å²) in [5.74, 6) is -0.636. The van der Waals surface area contributed by atoms with Crippen molar-refractivity contribution in [3.63, 3.8) is 0 Å². The zero-order valence-corrected chi connectivity index (χ0v) is 16.3. The molecule has 6 heteroatoms. The summed E-state index contributed by atoms with van der Waals surface area (Å²) in [6, 6.07) is 6.44. The van der Waals surface area contributed by atoms with E-state index in [0.29, 0.717) is 30.8 Å². The molecule has 0 aromatic heterocycles. The van der Waals surface area contributed by atoms with Gasteiger partial charge in [0.05, 0.1) is 18.6 Å². The van der Waals surface area contributed by atoms with Gasteiger partial charge in [-0.25, -0.2) is 4.79 Å². The van der Waals surface area contributed by atoms with Crippen LogP contribution in [0.2, 0.25) is 0 Å². The van der Waals surface area contributed by atoms with E-state index >= 15 is 0 Å². The number of unbranched alkanes of at least 4 members (excludes halogenated alkanes) is 3. The van der Waals surface area contributed by atoms with Crippen molar-refractivity contribution in [1.29, 1.82) is 0 Å². The molecule has 148 valence electrons. The quantitative estimate of drug-likeness (QED) is 0.561. The fourth-order valence-corrected chi connectivity index (χ4v) is 3.33. The fourth-order valence-electron chi connectivity index (χ4n) is 3.33. The predicted molar refractivity (Wildman–Crippen MR) is 104 cm³/mol. The number of carbonyl (C=O) groups is 3. The average Bonchev–Trinajstić information content (AvgIpc) is 2.72. The molecule has 0 saturated carbocycles. The number of rotatable bonds is 8. The highest BCUT2D eigenvalue weighted by Crippen LogP contribution is 2.19. The van der Waals surface area contributed by atoms with E-state index in [1.54, 1.807) is 29.2 Å². The van der Waals surface area contributed by atoms with E-state index in [1.165, 1.54) is 20.0 Å². The van der Waals surface area contributed by atoms with Gasteiger partial charge < -0.3 is 15.0 Å². The van der Waals surface area contributed by atoms with Crippen LogP contribution in [0.5, 0.6) is 0 Å². The molecule has 1 atom stereocenters. The number of piperidine rings is 1. The Balaban J connectivity index is 1.88. The monoisotopic (exact) mass is 374 g/mol. The second-order valence-corrected chi connectivity index (χ2v) is 7.01. The van der Waals surface area contributed by atoms with E-state index in [9.17, 15) is 14.4 Å². The van der Waals surface area contributed by atoms with Gasteiger partial charge in [-0.3, -0.25) is 9.59 Å². The molecule has 1 aromatic carbocycles. The first kappa shape index (κ1) is 20.9. The lowest BCUT2D eigenvalue weighted by atomic mass is 9.96. The zero-order chi connectivity index (χ0) is 19.6. The maximum atomic E-state index is 12.7. The molecule has 1 aliphatic heterocycles. The van der Waals surface area contributed by atoms with Crippen molar-refractivity contribution < 1.29 is 19.1 Å². The van der Waals surface area contributed by atoms with Crippen molar-refractivity contribution in [2.45, 2.75) is 45.4 Å². The first-order valence-electron chi connectivity index (χ1n) is 9.82. The average molecular weight is 374 g/mol. The lowest BCUT2D eigenvalue weighted by Gasteiger charge is -2.32. The molecule has 1 aromatic rings. The molecule has 0 aliphatic carbocycles. The van der Waals surface area contributed by atoms with Gasteiger partial charge >= 0.3 is 5.97 Å². The van der Waals surface area contributed by atoms with Crippen molar-refractivity contribution in [1.82, 2.24) is 10.2 Å². The van der Waals surface area contributed by atoms with Crippen molar-refractivity contribution in [3.05, 3.63) is 35.4 Å². The molecule has 1 heterocycles. The van der Waals surface area contributed by atoms with Gasteiger partial charge in [0.1, 0.15) is 0 Å². The van der Waals surface area contributed by atoms with Crippen LogP contribution < -0.4 is 5.32 Å². The Bertz CT molecular complexity index is 642. The lowest BCUT2D eigenvalue weighted by Crippen LogP contribution is -2.45. The predicted octanol–water partition coefficient (Wildman–Crippen LogP) is 3.02. The third-order valence-corrected chi connectivity index (χ3v) is 4.96. The standard InChI is InChI=1S/C21H30N2O4/c1-3-4-5-6-13-22-19(24)18-8-7-14-23(15-18)20(25)16-9-11-17(12-10-16)21(26)27-2/h9-12,18H,3-8,13-15H2,1-2H3,(H,22,24). The number of amides is 2. The van der Waals surface area contributed by atoms with Gasteiger partial charge in [-0.2, -0.15) is 0 Å². The molecule has 1 unspecified atom stereocenters. The maximum absolute atomic E-state index is 12.7. The summed E-state index contributed by atoms with van der Waals surface area (Å²) in [5.41, 5.74) is 0.927. The SMILES string of the molecule is CCCCCCNC(=O)C1CCCN(C(=O)c2ccc(C(=O)OC)cc2)C1. The number of benzene rings is 1. The van der Waals surface area contributed by atoms with E-state index in [-0.39, 0.29) is 17.7 Å². The maximum Gasteiger partial charge on any atom is 0.337 e. The van der Waals surface area contributed by atoms with Crippen LogP contribution in [0.15, 0.2) is 24.3 Å². The molecule has 0 radical (unpaired) electrons. The van der Waals surface area contributed by atoms with Crippen LogP contribution in [0.25, 0.3) is 0 Å². The molecule has 6 nitrogen and oxygen atoms in total. The number of hydrogen-bond donors (Lipinski definition) is 1. The minimum absolute atomic E-state index is 0.0463. The molecule has 2 rings (SSSR count). The van der Waals surface area contributed by atoms with E-state index in [0.717, 1.165) is 25.7 Å². The summed E-state index contributed by atoms with van der Waals surface area (Å²) in [6.45, 7) is 3.96. The van der Waals surface area contributed by atoms with Crippen LogP contribution in [0.1, 0.15) is 66.2 Å². The minimum Gasteiger partial charge on any atom is -0.465 e. The van der Waals surface area contributed by atoms with E-state index in [4.69, 9.17) is 0 Å². The number of hydrogen-bond acceptors (Lipinski definition) is 4. The number of methoxy groups -OCH3 is 1. The fraction of sp³-hybridized carbons (Fsp3) is 0.571. The van der Waals surface area contributed by atoms with E-state index in [1.807, 2.05) is 0 Å². The Morgan fingerprint density at radius 3 is 2.48 bits per heavy atom. The minimum atomic E-state index is -0.428. The second kappa shape index (κ2) is 10.7. The third kappa shape index (κ3) is 6.08. The molecule has 1 saturated heterocycles. The summed E-state index contributed by atoms with van der Waals surface area (Å²) in [4.78, 5) is 38.3. The van der Waals surface area contributed by atoms with Crippen molar-refractivity contribution >= 4 is 17.8 Å². The van der Waals surface area contributed by atoms with Crippen LogP contribution in [0, 0.1) is 5.92 Å². The normalized spacial score (nSPS) is 16.7. The Hall–Kier alpha value is -2.37. The molecule has 1 N–H and O–H groups in total. The first-order chi connectivity index (χ1) is 13.1. The number of carbonyl (C=O) groups excluding carboxylic acids is 3. The van der Waals surface area contributed by atoms with Crippen LogP contribution in [0.3, 0.4) is 0 Å². The van der Waals surface area contributed by atoms with Gasteiger partial charge in [0, 0.05) is 25.2 Å². The smallest absolute Gasteiger partial charge is 0.337 e. The topological polar surface area (TPSA) is 75.7 Å². The molecule has 0 spiro atoms. The van der Waals surface area contributed by atoms with Crippen LogP contribution >= 0.6 is 0 Å². The van der Waals surface area contributed by atoms with Gasteiger partial charge in [-0.15, -0.1) is 0 Å². The van der Waals surface area contributed by atoms with Crippen molar-refractivity contribution in [3.8, 4) is 0 Å². The molecular formula is C21H30N2O4. The molecule has 1 aliphatic rings. The molecule has 0 bridgehead atoms. The van der Waals surface area contributed by atoms with Gasteiger partial charge in [0.15, 0.2) is 0 Å². The van der Waals surface area contributed by atoms with Crippen LogP contribution in [-0.2, 0) is 9.53 Å².